The Bertz CT molecular complexity index is 1340. The molecule has 0 aliphatic rings. The van der Waals surface area contributed by atoms with Crippen molar-refractivity contribution in [3.05, 3.63) is 86.2 Å². The molecule has 0 atom stereocenters. The number of hydrogen-bond donors (Lipinski definition) is 1. The number of aryl methyl sites for hydroxylation is 1. The van der Waals surface area contributed by atoms with E-state index in [1.165, 1.54) is 4.57 Å². The summed E-state index contributed by atoms with van der Waals surface area (Å²) < 4.78 is 1.41. The van der Waals surface area contributed by atoms with Crippen LogP contribution in [0.4, 0.5) is 0 Å². The van der Waals surface area contributed by atoms with Crippen LogP contribution >= 0.6 is 0 Å². The molecule has 1 amide bonds. The molecule has 2 aromatic heterocycles. The molecule has 0 radical (unpaired) electrons. The van der Waals surface area contributed by atoms with E-state index in [1.54, 1.807) is 41.3 Å². The highest BCUT2D eigenvalue weighted by Crippen LogP contribution is 2.22. The molecule has 0 bridgehead atoms. The first kappa shape index (κ1) is 23.7. The van der Waals surface area contributed by atoms with E-state index < -0.39 is 11.2 Å². The van der Waals surface area contributed by atoms with Crippen molar-refractivity contribution in [3.63, 3.8) is 0 Å². The summed E-state index contributed by atoms with van der Waals surface area (Å²) in [6, 6.07) is 10.7. The van der Waals surface area contributed by atoms with Crippen LogP contribution in [-0.2, 0) is 13.1 Å². The highest BCUT2D eigenvalue weighted by molar-refractivity contribution is 6.05. The largest absolute Gasteiger partial charge is 0.331 e. The van der Waals surface area contributed by atoms with E-state index in [2.05, 4.69) is 22.6 Å². The van der Waals surface area contributed by atoms with Crippen LogP contribution in [0, 0.1) is 11.3 Å². The molecule has 8 heteroatoms. The molecule has 1 N–H and O–H groups in total. The molecule has 170 valence electrons. The van der Waals surface area contributed by atoms with Crippen molar-refractivity contribution in [1.29, 1.82) is 5.26 Å². The number of pyridine rings is 1. The molecule has 0 saturated carbocycles. The molecule has 0 spiro atoms. The lowest BCUT2D eigenvalue weighted by atomic mass is 10.0. The molecular weight excluding hydrogens is 418 g/mol. The van der Waals surface area contributed by atoms with Gasteiger partial charge in [0.2, 0.25) is 0 Å². The lowest BCUT2D eigenvalue weighted by molar-refractivity contribution is 0.0764. The Kier molecular flexibility index (Phi) is 7.23. The third-order valence-corrected chi connectivity index (χ3v) is 5.33. The number of fused-ring (bicyclic) bond motifs is 1. The molecule has 1 aromatic carbocycles. The summed E-state index contributed by atoms with van der Waals surface area (Å²) in [5.41, 5.74) is 1.23. The fourth-order valence-electron chi connectivity index (χ4n) is 3.64. The van der Waals surface area contributed by atoms with E-state index in [1.807, 2.05) is 20.8 Å². The van der Waals surface area contributed by atoms with Gasteiger partial charge in [0.1, 0.15) is 0 Å². The lowest BCUT2D eigenvalue weighted by Gasteiger charge is -2.23. The summed E-state index contributed by atoms with van der Waals surface area (Å²) in [6.07, 6.45) is 2.28. The van der Waals surface area contributed by atoms with Gasteiger partial charge in [0.05, 0.1) is 22.6 Å². The molecular formula is C25H27N5O3. The first-order chi connectivity index (χ1) is 15.8. The van der Waals surface area contributed by atoms with Crippen LogP contribution in [0.2, 0.25) is 0 Å². The van der Waals surface area contributed by atoms with Gasteiger partial charge in [-0.2, -0.15) is 5.26 Å². The fraction of sp³-hybridized carbons (Fsp3) is 0.320. The Labute approximate surface area is 191 Å². The number of aromatic amines is 1. The number of H-pyrrole nitrogens is 1. The molecule has 2 heterocycles. The average molecular weight is 446 g/mol. The topological polar surface area (TPSA) is 112 Å². The normalized spacial score (nSPS) is 10.9. The summed E-state index contributed by atoms with van der Waals surface area (Å²) in [5.74, 6) is -0.377. The average Bonchev–Trinajstić information content (AvgIpc) is 2.80. The number of rotatable bonds is 8. The first-order valence-corrected chi connectivity index (χ1v) is 10.9. The molecule has 0 unspecified atom stereocenters. The first-order valence-electron chi connectivity index (χ1n) is 10.9. The summed E-state index contributed by atoms with van der Waals surface area (Å²) in [7, 11) is 0. The van der Waals surface area contributed by atoms with Crippen LogP contribution in [0.15, 0.2) is 52.6 Å². The van der Waals surface area contributed by atoms with Crippen LogP contribution in [0.25, 0.3) is 11.0 Å². The molecule has 0 saturated heterocycles. The van der Waals surface area contributed by atoms with Gasteiger partial charge in [0.25, 0.3) is 11.5 Å². The number of nitrogens with zero attached hydrogens (tertiary/aromatic N) is 4. The van der Waals surface area contributed by atoms with Crippen LogP contribution < -0.4 is 11.2 Å². The van der Waals surface area contributed by atoms with Crippen molar-refractivity contribution in [2.75, 3.05) is 6.54 Å². The standard InChI is InChI=1S/C25H27N5O3/c1-5-11-29(15-18-9-7-17(14-26)8-10-18)24(32)19-13-20(16(3)4)27-22-21(19)23(31)28-25(33)30(22)12-6-2/h5,7-10,13,16H,1,6,11-12,15H2,2-4H3,(H,28,31,33). The van der Waals surface area contributed by atoms with E-state index >= 15 is 0 Å². The number of nitrogens with one attached hydrogen (secondary N) is 1. The number of aromatic nitrogens is 3. The van der Waals surface area contributed by atoms with Gasteiger partial charge in [-0.05, 0) is 36.1 Å². The second-order valence-corrected chi connectivity index (χ2v) is 8.14. The van der Waals surface area contributed by atoms with E-state index in [0.717, 1.165) is 5.56 Å². The van der Waals surface area contributed by atoms with Crippen molar-refractivity contribution >= 4 is 16.9 Å². The number of carbonyl (C=O) groups is 1. The third-order valence-electron chi connectivity index (χ3n) is 5.33. The Morgan fingerprint density at radius 1 is 1.30 bits per heavy atom. The zero-order chi connectivity index (χ0) is 24.1. The Morgan fingerprint density at radius 3 is 2.58 bits per heavy atom. The van der Waals surface area contributed by atoms with Crippen molar-refractivity contribution in [3.8, 4) is 6.07 Å². The highest BCUT2D eigenvalue weighted by atomic mass is 16.2. The summed E-state index contributed by atoms with van der Waals surface area (Å²) in [6.45, 7) is 10.5. The Balaban J connectivity index is 2.19. The van der Waals surface area contributed by atoms with Crippen LogP contribution in [-0.4, -0.2) is 31.9 Å². The Morgan fingerprint density at radius 2 is 2.00 bits per heavy atom. The molecule has 33 heavy (non-hydrogen) atoms. The number of carbonyl (C=O) groups excluding carboxylic acids is 1. The second-order valence-electron chi connectivity index (χ2n) is 8.14. The minimum Gasteiger partial charge on any atom is -0.331 e. The van der Waals surface area contributed by atoms with Crippen molar-refractivity contribution in [1.82, 2.24) is 19.4 Å². The maximum atomic E-state index is 13.7. The summed E-state index contributed by atoms with van der Waals surface area (Å²) >= 11 is 0. The zero-order valence-electron chi connectivity index (χ0n) is 19.1. The fourth-order valence-corrected chi connectivity index (χ4v) is 3.64. The SMILES string of the molecule is C=CCN(Cc1ccc(C#N)cc1)C(=O)c1cc(C(C)C)nc2c1c(=O)[nH]c(=O)n2CCC. The van der Waals surface area contributed by atoms with Gasteiger partial charge in [-0.3, -0.25) is 19.1 Å². The number of nitriles is 1. The van der Waals surface area contributed by atoms with E-state index in [9.17, 15) is 14.4 Å². The molecule has 3 aromatic rings. The van der Waals surface area contributed by atoms with Gasteiger partial charge in [-0.25, -0.2) is 9.78 Å². The number of amides is 1. The zero-order valence-corrected chi connectivity index (χ0v) is 19.1. The van der Waals surface area contributed by atoms with Crippen molar-refractivity contribution < 1.29 is 4.79 Å². The number of hydrogen-bond acceptors (Lipinski definition) is 5. The maximum Gasteiger partial charge on any atom is 0.329 e. The molecule has 0 fully saturated rings. The predicted octanol–water partition coefficient (Wildman–Crippen LogP) is 3.32. The van der Waals surface area contributed by atoms with Gasteiger partial charge in [0.15, 0.2) is 5.65 Å². The van der Waals surface area contributed by atoms with E-state index in [-0.39, 0.29) is 41.5 Å². The minimum atomic E-state index is -0.634. The van der Waals surface area contributed by atoms with Gasteiger partial charge in [0, 0.05) is 25.3 Å². The molecule has 3 rings (SSSR count). The van der Waals surface area contributed by atoms with E-state index in [4.69, 9.17) is 5.26 Å². The van der Waals surface area contributed by atoms with Crippen molar-refractivity contribution in [2.45, 2.75) is 46.2 Å². The van der Waals surface area contributed by atoms with E-state index in [0.29, 0.717) is 24.2 Å². The monoisotopic (exact) mass is 445 g/mol. The van der Waals surface area contributed by atoms with Crippen LogP contribution in [0.1, 0.15) is 60.3 Å². The molecule has 0 aliphatic heterocycles. The molecule has 8 nitrogen and oxygen atoms in total. The minimum absolute atomic E-state index is 0.0169. The maximum absolute atomic E-state index is 13.7. The van der Waals surface area contributed by atoms with Gasteiger partial charge < -0.3 is 4.90 Å². The summed E-state index contributed by atoms with van der Waals surface area (Å²) in [4.78, 5) is 47.5. The quantitative estimate of drug-likeness (QED) is 0.535. The van der Waals surface area contributed by atoms with Gasteiger partial charge in [-0.1, -0.05) is 39.0 Å². The second kappa shape index (κ2) is 10.1. The highest BCUT2D eigenvalue weighted by Gasteiger charge is 2.24. The van der Waals surface area contributed by atoms with Gasteiger partial charge in [-0.15, -0.1) is 6.58 Å². The Hall–Kier alpha value is -3.99. The smallest absolute Gasteiger partial charge is 0.329 e. The number of benzene rings is 1. The third kappa shape index (κ3) is 4.93. The predicted molar refractivity (Wildman–Crippen MR) is 127 cm³/mol. The van der Waals surface area contributed by atoms with Crippen molar-refractivity contribution in [2.24, 2.45) is 0 Å². The van der Waals surface area contributed by atoms with Crippen LogP contribution in [0.3, 0.4) is 0 Å². The molecule has 0 aliphatic carbocycles. The summed E-state index contributed by atoms with van der Waals surface area (Å²) in [5, 5.41) is 9.12. The van der Waals surface area contributed by atoms with Crippen LogP contribution in [0.5, 0.6) is 0 Å². The van der Waals surface area contributed by atoms with Gasteiger partial charge >= 0.3 is 5.69 Å². The lowest BCUT2D eigenvalue weighted by Crippen LogP contribution is -2.35.